The molecule has 0 saturated heterocycles. The average Bonchev–Trinajstić information content (AvgIpc) is 2.34. The van der Waals surface area contributed by atoms with Gasteiger partial charge in [-0.15, -0.1) is 0 Å². The normalized spacial score (nSPS) is 10.3. The zero-order chi connectivity index (χ0) is 11.5. The van der Waals surface area contributed by atoms with Crippen LogP contribution < -0.4 is 4.74 Å². The maximum Gasteiger partial charge on any atom is 0.119 e. The monoisotopic (exact) mass is 222 g/mol. The molecule has 0 atom stereocenters. The van der Waals surface area contributed by atoms with Crippen LogP contribution in [0.2, 0.25) is 0 Å². The van der Waals surface area contributed by atoms with Crippen LogP contribution in [0.4, 0.5) is 0 Å². The van der Waals surface area contributed by atoms with E-state index in [0.29, 0.717) is 13.2 Å². The molecule has 1 aromatic carbocycles. The summed E-state index contributed by atoms with van der Waals surface area (Å²) in [7, 11) is 0. The third-order valence-corrected chi connectivity index (χ3v) is 2.38. The Labute approximate surface area is 98.6 Å². The minimum atomic E-state index is 0.637. The molecule has 1 aromatic rings. The second-order valence-electron chi connectivity index (χ2n) is 3.83. The summed E-state index contributed by atoms with van der Waals surface area (Å²) in [4.78, 5) is 0. The van der Waals surface area contributed by atoms with Crippen molar-refractivity contribution in [2.75, 3.05) is 19.8 Å². The highest BCUT2D eigenvalue weighted by Gasteiger charge is 1.92. The molecule has 2 heteroatoms. The van der Waals surface area contributed by atoms with E-state index in [4.69, 9.17) is 9.47 Å². The molecule has 0 bridgehead atoms. The summed E-state index contributed by atoms with van der Waals surface area (Å²) >= 11 is 0. The fourth-order valence-electron chi connectivity index (χ4n) is 1.47. The standard InChI is InChI=1S/C14H22O2/c1-2-3-4-8-11-15-12-13-16-14-9-6-5-7-10-14/h5-7,9-10H,2-4,8,11-13H2,1H3. The van der Waals surface area contributed by atoms with Crippen LogP contribution >= 0.6 is 0 Å². The van der Waals surface area contributed by atoms with E-state index in [-0.39, 0.29) is 0 Å². The summed E-state index contributed by atoms with van der Waals surface area (Å²) in [5.41, 5.74) is 0. The lowest BCUT2D eigenvalue weighted by Crippen LogP contribution is -2.07. The van der Waals surface area contributed by atoms with Gasteiger partial charge in [-0.1, -0.05) is 44.4 Å². The van der Waals surface area contributed by atoms with Gasteiger partial charge in [0, 0.05) is 6.61 Å². The van der Waals surface area contributed by atoms with Crippen molar-refractivity contribution >= 4 is 0 Å². The first-order chi connectivity index (χ1) is 7.93. The molecule has 0 aliphatic heterocycles. The first kappa shape index (κ1) is 13.0. The maximum absolute atomic E-state index is 5.51. The summed E-state index contributed by atoms with van der Waals surface area (Å²) < 4.78 is 11.0. The average molecular weight is 222 g/mol. The lowest BCUT2D eigenvalue weighted by Gasteiger charge is -2.06. The molecule has 0 spiro atoms. The molecule has 0 radical (unpaired) electrons. The lowest BCUT2D eigenvalue weighted by atomic mass is 10.2. The minimum Gasteiger partial charge on any atom is -0.491 e. The minimum absolute atomic E-state index is 0.637. The second-order valence-corrected chi connectivity index (χ2v) is 3.83. The van der Waals surface area contributed by atoms with Crippen LogP contribution in [-0.2, 0) is 4.74 Å². The Balaban J connectivity index is 1.89. The van der Waals surface area contributed by atoms with Gasteiger partial charge in [0.25, 0.3) is 0 Å². The number of rotatable bonds is 9. The predicted octanol–water partition coefficient (Wildman–Crippen LogP) is 3.66. The highest BCUT2D eigenvalue weighted by molar-refractivity contribution is 5.20. The molecule has 2 nitrogen and oxygen atoms in total. The Morgan fingerprint density at radius 2 is 1.69 bits per heavy atom. The van der Waals surface area contributed by atoms with Crippen molar-refractivity contribution in [3.63, 3.8) is 0 Å². The molecule has 0 aliphatic rings. The van der Waals surface area contributed by atoms with Crippen LogP contribution in [0.3, 0.4) is 0 Å². The molecule has 90 valence electrons. The van der Waals surface area contributed by atoms with Gasteiger partial charge in [-0.25, -0.2) is 0 Å². The highest BCUT2D eigenvalue weighted by Crippen LogP contribution is 2.07. The van der Waals surface area contributed by atoms with E-state index in [9.17, 15) is 0 Å². The van der Waals surface area contributed by atoms with Gasteiger partial charge in [-0.05, 0) is 18.6 Å². The Morgan fingerprint density at radius 3 is 2.44 bits per heavy atom. The first-order valence-electron chi connectivity index (χ1n) is 6.19. The molecule has 0 saturated carbocycles. The molecule has 0 aromatic heterocycles. The summed E-state index contributed by atoms with van der Waals surface area (Å²) in [6.07, 6.45) is 5.02. The van der Waals surface area contributed by atoms with Crippen molar-refractivity contribution < 1.29 is 9.47 Å². The van der Waals surface area contributed by atoms with Crippen LogP contribution in [0.25, 0.3) is 0 Å². The Morgan fingerprint density at radius 1 is 0.875 bits per heavy atom. The van der Waals surface area contributed by atoms with Gasteiger partial charge in [0.1, 0.15) is 12.4 Å². The maximum atomic E-state index is 5.51. The van der Waals surface area contributed by atoms with Gasteiger partial charge in [0.15, 0.2) is 0 Å². The van der Waals surface area contributed by atoms with E-state index >= 15 is 0 Å². The zero-order valence-electron chi connectivity index (χ0n) is 10.2. The van der Waals surface area contributed by atoms with Crippen molar-refractivity contribution in [2.45, 2.75) is 32.6 Å². The van der Waals surface area contributed by atoms with Crippen molar-refractivity contribution in [3.8, 4) is 5.75 Å². The number of benzene rings is 1. The molecule has 0 unspecified atom stereocenters. The number of para-hydroxylation sites is 1. The summed E-state index contributed by atoms with van der Waals surface area (Å²) in [6, 6.07) is 9.85. The molecular formula is C14H22O2. The molecule has 0 fully saturated rings. The summed E-state index contributed by atoms with van der Waals surface area (Å²) in [6.45, 7) is 4.39. The van der Waals surface area contributed by atoms with E-state index in [1.807, 2.05) is 30.3 Å². The molecule has 0 heterocycles. The molecule has 16 heavy (non-hydrogen) atoms. The van der Waals surface area contributed by atoms with Gasteiger partial charge >= 0.3 is 0 Å². The summed E-state index contributed by atoms with van der Waals surface area (Å²) in [5, 5.41) is 0. The molecule has 0 amide bonds. The fourth-order valence-corrected chi connectivity index (χ4v) is 1.47. The Hall–Kier alpha value is -1.02. The van der Waals surface area contributed by atoms with Gasteiger partial charge < -0.3 is 9.47 Å². The second kappa shape index (κ2) is 9.22. The Bertz CT molecular complexity index is 246. The van der Waals surface area contributed by atoms with Gasteiger partial charge in [0.05, 0.1) is 6.61 Å². The van der Waals surface area contributed by atoms with Gasteiger partial charge in [0.2, 0.25) is 0 Å². The number of ether oxygens (including phenoxy) is 2. The van der Waals surface area contributed by atoms with E-state index in [0.717, 1.165) is 12.4 Å². The van der Waals surface area contributed by atoms with E-state index in [2.05, 4.69) is 6.92 Å². The van der Waals surface area contributed by atoms with Crippen molar-refractivity contribution in [1.82, 2.24) is 0 Å². The fraction of sp³-hybridized carbons (Fsp3) is 0.571. The van der Waals surface area contributed by atoms with E-state index in [1.165, 1.54) is 25.7 Å². The van der Waals surface area contributed by atoms with E-state index < -0.39 is 0 Å². The summed E-state index contributed by atoms with van der Waals surface area (Å²) in [5.74, 6) is 0.914. The predicted molar refractivity (Wildman–Crippen MR) is 66.9 cm³/mol. The largest absolute Gasteiger partial charge is 0.491 e. The van der Waals surface area contributed by atoms with E-state index in [1.54, 1.807) is 0 Å². The SMILES string of the molecule is CCCCCCOCCOc1ccccc1. The van der Waals surface area contributed by atoms with Crippen molar-refractivity contribution in [3.05, 3.63) is 30.3 Å². The first-order valence-corrected chi connectivity index (χ1v) is 6.19. The van der Waals surface area contributed by atoms with Crippen LogP contribution in [0, 0.1) is 0 Å². The molecular weight excluding hydrogens is 200 g/mol. The lowest BCUT2D eigenvalue weighted by molar-refractivity contribution is 0.0971. The number of hydrogen-bond acceptors (Lipinski definition) is 2. The van der Waals surface area contributed by atoms with Crippen LogP contribution in [0.1, 0.15) is 32.6 Å². The van der Waals surface area contributed by atoms with Gasteiger partial charge in [-0.3, -0.25) is 0 Å². The number of hydrogen-bond donors (Lipinski definition) is 0. The molecule has 1 rings (SSSR count). The smallest absolute Gasteiger partial charge is 0.119 e. The quantitative estimate of drug-likeness (QED) is 0.594. The van der Waals surface area contributed by atoms with Crippen molar-refractivity contribution in [1.29, 1.82) is 0 Å². The van der Waals surface area contributed by atoms with Crippen molar-refractivity contribution in [2.24, 2.45) is 0 Å². The Kier molecular flexibility index (Phi) is 7.52. The number of unbranched alkanes of at least 4 members (excludes halogenated alkanes) is 3. The highest BCUT2D eigenvalue weighted by atomic mass is 16.5. The van der Waals surface area contributed by atoms with Crippen LogP contribution in [-0.4, -0.2) is 19.8 Å². The van der Waals surface area contributed by atoms with Gasteiger partial charge in [-0.2, -0.15) is 0 Å². The zero-order valence-corrected chi connectivity index (χ0v) is 10.2. The third-order valence-electron chi connectivity index (χ3n) is 2.38. The molecule has 0 aliphatic carbocycles. The van der Waals surface area contributed by atoms with Crippen LogP contribution in [0.5, 0.6) is 5.75 Å². The van der Waals surface area contributed by atoms with Crippen LogP contribution in [0.15, 0.2) is 30.3 Å². The third kappa shape index (κ3) is 6.46. The molecule has 0 N–H and O–H groups in total. The topological polar surface area (TPSA) is 18.5 Å².